The van der Waals surface area contributed by atoms with E-state index in [9.17, 15) is 9.59 Å². The molecule has 1 amide bonds. The van der Waals surface area contributed by atoms with Crippen LogP contribution in [-0.4, -0.2) is 34.1 Å². The number of aromatic carboxylic acids is 1. The molecule has 20 heavy (non-hydrogen) atoms. The molecule has 7 nitrogen and oxygen atoms in total. The third-order valence-electron chi connectivity index (χ3n) is 2.31. The Morgan fingerprint density at radius 3 is 2.60 bits per heavy atom. The number of aryl methyl sites for hydroxylation is 1. The fraction of sp³-hybridized carbons (Fsp3) is 0.167. The summed E-state index contributed by atoms with van der Waals surface area (Å²) in [5, 5.41) is 11.3. The molecule has 2 aromatic rings. The van der Waals surface area contributed by atoms with Gasteiger partial charge in [-0.15, -0.1) is 11.3 Å². The van der Waals surface area contributed by atoms with Crippen LogP contribution < -0.4 is 10.1 Å². The van der Waals surface area contributed by atoms with Crippen LogP contribution in [0.2, 0.25) is 0 Å². The number of carbonyl (C=O) groups is 2. The van der Waals surface area contributed by atoms with E-state index in [4.69, 9.17) is 9.84 Å². The SMILES string of the molecule is COc1cc(C)nc(NC(=O)c2ccc(C(=O)O)s2)n1. The molecular weight excluding hydrogens is 282 g/mol. The maximum atomic E-state index is 11.9. The summed E-state index contributed by atoms with van der Waals surface area (Å²) in [5.41, 5.74) is 0.643. The summed E-state index contributed by atoms with van der Waals surface area (Å²) in [6.45, 7) is 1.74. The van der Waals surface area contributed by atoms with Crippen molar-refractivity contribution < 1.29 is 19.4 Å². The summed E-state index contributed by atoms with van der Waals surface area (Å²) < 4.78 is 4.98. The van der Waals surface area contributed by atoms with Crippen LogP contribution in [0.25, 0.3) is 0 Å². The number of hydrogen-bond donors (Lipinski definition) is 2. The Morgan fingerprint density at radius 2 is 2.00 bits per heavy atom. The van der Waals surface area contributed by atoms with Crippen molar-refractivity contribution in [3.05, 3.63) is 33.6 Å². The number of anilines is 1. The van der Waals surface area contributed by atoms with Gasteiger partial charge in [0.25, 0.3) is 5.91 Å². The zero-order valence-corrected chi connectivity index (χ0v) is 11.5. The topological polar surface area (TPSA) is 101 Å². The molecule has 0 aliphatic rings. The summed E-state index contributed by atoms with van der Waals surface area (Å²) in [7, 11) is 1.46. The van der Waals surface area contributed by atoms with Crippen LogP contribution in [0.3, 0.4) is 0 Å². The lowest BCUT2D eigenvalue weighted by Crippen LogP contribution is -2.13. The second-order valence-corrected chi connectivity index (χ2v) is 4.88. The Kier molecular flexibility index (Phi) is 3.94. The number of ether oxygens (including phenoxy) is 1. The highest BCUT2D eigenvalue weighted by Crippen LogP contribution is 2.18. The highest BCUT2D eigenvalue weighted by atomic mass is 32.1. The maximum absolute atomic E-state index is 11.9. The van der Waals surface area contributed by atoms with Crippen LogP contribution in [0.15, 0.2) is 18.2 Å². The van der Waals surface area contributed by atoms with E-state index in [0.717, 1.165) is 11.3 Å². The number of nitrogens with one attached hydrogen (secondary N) is 1. The van der Waals surface area contributed by atoms with Crippen molar-refractivity contribution in [1.82, 2.24) is 9.97 Å². The summed E-state index contributed by atoms with van der Waals surface area (Å²) in [6.07, 6.45) is 0. The quantitative estimate of drug-likeness (QED) is 0.891. The lowest BCUT2D eigenvalue weighted by Gasteiger charge is -2.05. The lowest BCUT2D eigenvalue weighted by molar-refractivity contribution is 0.0702. The molecule has 2 rings (SSSR count). The van der Waals surface area contributed by atoms with Crippen LogP contribution in [0.1, 0.15) is 25.0 Å². The van der Waals surface area contributed by atoms with Gasteiger partial charge in [-0.2, -0.15) is 4.98 Å². The van der Waals surface area contributed by atoms with E-state index < -0.39 is 11.9 Å². The first-order valence-corrected chi connectivity index (χ1v) is 6.35. The van der Waals surface area contributed by atoms with Gasteiger partial charge >= 0.3 is 5.97 Å². The average Bonchev–Trinajstić information content (AvgIpc) is 2.87. The van der Waals surface area contributed by atoms with Gasteiger partial charge < -0.3 is 9.84 Å². The van der Waals surface area contributed by atoms with Crippen molar-refractivity contribution >= 4 is 29.2 Å². The molecule has 0 aliphatic heterocycles. The number of hydrogen-bond acceptors (Lipinski definition) is 6. The minimum Gasteiger partial charge on any atom is -0.481 e. The Bertz CT molecular complexity index is 668. The number of rotatable bonds is 4. The summed E-state index contributed by atoms with van der Waals surface area (Å²) in [5.74, 6) is -1.08. The van der Waals surface area contributed by atoms with Crippen molar-refractivity contribution in [3.63, 3.8) is 0 Å². The Hall–Kier alpha value is -2.48. The highest BCUT2D eigenvalue weighted by molar-refractivity contribution is 7.15. The van der Waals surface area contributed by atoms with Gasteiger partial charge in [0.05, 0.1) is 12.0 Å². The minimum atomic E-state index is -1.07. The molecule has 104 valence electrons. The number of aromatic nitrogens is 2. The zero-order chi connectivity index (χ0) is 14.7. The summed E-state index contributed by atoms with van der Waals surface area (Å²) in [4.78, 5) is 31.1. The molecule has 2 aromatic heterocycles. The van der Waals surface area contributed by atoms with Crippen LogP contribution >= 0.6 is 11.3 Å². The number of carboxylic acid groups (broad SMARTS) is 1. The first kappa shape index (κ1) is 13.9. The molecule has 2 heterocycles. The molecular formula is C12H11N3O4S. The third kappa shape index (κ3) is 3.09. The predicted molar refractivity (Wildman–Crippen MR) is 72.6 cm³/mol. The molecule has 0 atom stereocenters. The largest absolute Gasteiger partial charge is 0.481 e. The van der Waals surface area contributed by atoms with Crippen molar-refractivity contribution in [3.8, 4) is 5.88 Å². The van der Waals surface area contributed by atoms with Crippen LogP contribution in [0, 0.1) is 6.92 Å². The average molecular weight is 293 g/mol. The standard InChI is InChI=1S/C12H11N3O4S/c1-6-5-9(19-2)14-12(13-6)15-10(16)7-3-4-8(20-7)11(17)18/h3-5H,1-2H3,(H,17,18)(H,13,14,15,16). The number of amides is 1. The first-order valence-electron chi connectivity index (χ1n) is 5.53. The van der Waals surface area contributed by atoms with Gasteiger partial charge in [-0.3, -0.25) is 10.1 Å². The first-order chi connectivity index (χ1) is 9.49. The van der Waals surface area contributed by atoms with E-state index in [0.29, 0.717) is 11.6 Å². The van der Waals surface area contributed by atoms with E-state index in [1.54, 1.807) is 13.0 Å². The maximum Gasteiger partial charge on any atom is 0.345 e. The zero-order valence-electron chi connectivity index (χ0n) is 10.7. The van der Waals surface area contributed by atoms with E-state index in [1.165, 1.54) is 19.2 Å². The van der Waals surface area contributed by atoms with Gasteiger partial charge in [0, 0.05) is 11.8 Å². The van der Waals surface area contributed by atoms with E-state index in [1.807, 2.05) is 0 Å². The van der Waals surface area contributed by atoms with Crippen molar-refractivity contribution in [2.75, 3.05) is 12.4 Å². The Balaban J connectivity index is 2.18. The van der Waals surface area contributed by atoms with Crippen LogP contribution in [-0.2, 0) is 0 Å². The fourth-order valence-electron chi connectivity index (χ4n) is 1.44. The molecule has 0 unspecified atom stereocenters. The van der Waals surface area contributed by atoms with Gasteiger partial charge in [-0.05, 0) is 19.1 Å². The monoisotopic (exact) mass is 293 g/mol. The molecule has 0 spiro atoms. The fourth-order valence-corrected chi connectivity index (χ4v) is 2.18. The molecule has 0 bridgehead atoms. The number of carboxylic acids is 1. The van der Waals surface area contributed by atoms with Gasteiger partial charge in [-0.25, -0.2) is 9.78 Å². The molecule has 2 N–H and O–H groups in total. The minimum absolute atomic E-state index is 0.0953. The van der Waals surface area contributed by atoms with Gasteiger partial charge in [0.1, 0.15) is 4.88 Å². The molecule has 0 saturated carbocycles. The van der Waals surface area contributed by atoms with E-state index >= 15 is 0 Å². The second-order valence-electron chi connectivity index (χ2n) is 3.80. The summed E-state index contributed by atoms with van der Waals surface area (Å²) in [6, 6.07) is 4.44. The Morgan fingerprint density at radius 1 is 1.30 bits per heavy atom. The number of nitrogens with zero attached hydrogens (tertiary/aromatic N) is 2. The predicted octanol–water partition coefficient (Wildman–Crippen LogP) is 1.81. The van der Waals surface area contributed by atoms with Gasteiger partial charge in [0.15, 0.2) is 0 Å². The smallest absolute Gasteiger partial charge is 0.345 e. The highest BCUT2D eigenvalue weighted by Gasteiger charge is 2.14. The molecule has 8 heteroatoms. The van der Waals surface area contributed by atoms with Crippen LogP contribution in [0.4, 0.5) is 5.95 Å². The van der Waals surface area contributed by atoms with Crippen molar-refractivity contribution in [1.29, 1.82) is 0 Å². The molecule has 0 aromatic carbocycles. The molecule has 0 radical (unpaired) electrons. The molecule has 0 fully saturated rings. The summed E-state index contributed by atoms with van der Waals surface area (Å²) >= 11 is 0.884. The number of thiophene rings is 1. The van der Waals surface area contributed by atoms with Gasteiger partial charge in [-0.1, -0.05) is 0 Å². The van der Waals surface area contributed by atoms with E-state index in [-0.39, 0.29) is 15.7 Å². The Labute approximate surface area is 118 Å². The van der Waals surface area contributed by atoms with E-state index in [2.05, 4.69) is 15.3 Å². The normalized spacial score (nSPS) is 10.1. The molecule has 0 saturated heterocycles. The van der Waals surface area contributed by atoms with Gasteiger partial charge in [0.2, 0.25) is 11.8 Å². The van der Waals surface area contributed by atoms with Crippen molar-refractivity contribution in [2.24, 2.45) is 0 Å². The lowest BCUT2D eigenvalue weighted by atomic mass is 10.4. The number of carbonyl (C=O) groups excluding carboxylic acids is 1. The molecule has 0 aliphatic carbocycles. The number of methoxy groups -OCH3 is 1. The second kappa shape index (κ2) is 5.66. The van der Waals surface area contributed by atoms with Crippen LogP contribution in [0.5, 0.6) is 5.88 Å². The third-order valence-corrected chi connectivity index (χ3v) is 3.38. The van der Waals surface area contributed by atoms with Crippen molar-refractivity contribution in [2.45, 2.75) is 6.92 Å².